The summed E-state index contributed by atoms with van der Waals surface area (Å²) in [4.78, 5) is 3.51. The molecule has 0 amide bonds. The number of nitrogens with one attached hydrogen (secondary N) is 1. The molecule has 0 unspecified atom stereocenters. The molecule has 0 atom stereocenters. The monoisotopic (exact) mass is 211 g/mol. The summed E-state index contributed by atoms with van der Waals surface area (Å²) in [6.45, 7) is -0.196. The molecular formula is C5H13N3O4S. The van der Waals surface area contributed by atoms with Gasteiger partial charge in [-0.25, -0.2) is 19.3 Å². The van der Waals surface area contributed by atoms with Crippen LogP contribution in [0, 0.1) is 0 Å². The Hall–Kier alpha value is -0.700. The molecule has 4 N–H and O–H groups in total. The zero-order chi connectivity index (χ0) is 10.3. The van der Waals surface area contributed by atoms with Crippen LogP contribution >= 0.6 is 0 Å². The van der Waals surface area contributed by atoms with E-state index >= 15 is 0 Å². The maximum absolute atomic E-state index is 10.8. The predicted octanol–water partition coefficient (Wildman–Crippen LogP) is -2.18. The minimum atomic E-state index is -3.43. The van der Waals surface area contributed by atoms with Gasteiger partial charge in [-0.3, -0.25) is 5.43 Å². The van der Waals surface area contributed by atoms with Crippen molar-refractivity contribution < 1.29 is 18.3 Å². The first-order valence-corrected chi connectivity index (χ1v) is 5.31. The van der Waals surface area contributed by atoms with Crippen molar-refractivity contribution in [2.45, 2.75) is 0 Å². The molecule has 0 saturated heterocycles. The molecule has 0 aliphatic heterocycles. The van der Waals surface area contributed by atoms with Gasteiger partial charge in [0.1, 0.15) is 6.73 Å². The average molecular weight is 211 g/mol. The quantitative estimate of drug-likeness (QED) is 0.160. The van der Waals surface area contributed by atoms with Crippen LogP contribution in [-0.4, -0.2) is 44.9 Å². The molecule has 0 spiro atoms. The van der Waals surface area contributed by atoms with Crippen molar-refractivity contribution in [3.63, 3.8) is 0 Å². The molecule has 7 nitrogen and oxygen atoms in total. The zero-order valence-corrected chi connectivity index (χ0v) is 8.04. The lowest BCUT2D eigenvalue weighted by atomic mass is 10.8. The van der Waals surface area contributed by atoms with Crippen LogP contribution in [0.4, 0.5) is 0 Å². The number of hydrogen-bond acceptors (Lipinski definition) is 6. The number of sulfone groups is 1. The van der Waals surface area contributed by atoms with Gasteiger partial charge in [0.25, 0.3) is 0 Å². The van der Waals surface area contributed by atoms with Crippen molar-refractivity contribution in [1.82, 2.24) is 5.43 Å². The lowest BCUT2D eigenvalue weighted by Crippen LogP contribution is -2.36. The number of hydrazine groups is 1. The molecule has 0 aromatic heterocycles. The fraction of sp³-hybridized carbons (Fsp3) is 0.800. The molecule has 0 aliphatic carbocycles. The number of aliphatic hydroxyl groups excluding tert-OH is 1. The van der Waals surface area contributed by atoms with Crippen LogP contribution < -0.4 is 11.3 Å². The Labute approximate surface area is 76.5 Å². The molecule has 0 saturated carbocycles. The van der Waals surface area contributed by atoms with E-state index in [1.807, 2.05) is 5.43 Å². The van der Waals surface area contributed by atoms with E-state index in [0.29, 0.717) is 0 Å². The van der Waals surface area contributed by atoms with Gasteiger partial charge in [-0.15, -0.1) is 0 Å². The second-order valence-corrected chi connectivity index (χ2v) is 4.07. The Morgan fingerprint density at radius 1 is 1.69 bits per heavy atom. The highest BCUT2D eigenvalue weighted by Gasteiger charge is 2.10. The summed E-state index contributed by atoms with van der Waals surface area (Å²) in [5.41, 5.74) is 1.94. The third-order valence-corrected chi connectivity index (χ3v) is 1.96. The minimum Gasteiger partial charge on any atom is -0.394 e. The Kier molecular flexibility index (Phi) is 5.55. The van der Waals surface area contributed by atoms with E-state index < -0.39 is 9.84 Å². The number of nitrogens with two attached hydrogens (primary N) is 1. The van der Waals surface area contributed by atoms with Crippen molar-refractivity contribution in [1.29, 1.82) is 0 Å². The number of amidine groups is 1. The molecule has 0 aromatic rings. The summed E-state index contributed by atoms with van der Waals surface area (Å²) in [5, 5.41) is 7.97. The molecule has 0 aliphatic rings. The Bertz CT molecular complexity index is 261. The highest BCUT2D eigenvalue weighted by molar-refractivity contribution is 8.05. The van der Waals surface area contributed by atoms with Crippen molar-refractivity contribution in [2.75, 3.05) is 26.2 Å². The largest absolute Gasteiger partial charge is 0.394 e. The third kappa shape index (κ3) is 5.53. The van der Waals surface area contributed by atoms with E-state index in [-0.39, 0.29) is 25.1 Å². The maximum atomic E-state index is 10.8. The number of hydrogen-bond donors (Lipinski definition) is 3. The van der Waals surface area contributed by atoms with Crippen LogP contribution in [0.25, 0.3) is 0 Å². The third-order valence-electron chi connectivity index (χ3n) is 1.01. The van der Waals surface area contributed by atoms with Crippen LogP contribution in [0.15, 0.2) is 4.99 Å². The van der Waals surface area contributed by atoms with E-state index in [1.54, 1.807) is 0 Å². The summed E-state index contributed by atoms with van der Waals surface area (Å²) in [6.07, 6.45) is 0.970. The van der Waals surface area contributed by atoms with E-state index in [1.165, 1.54) is 0 Å². The van der Waals surface area contributed by atoms with Gasteiger partial charge in [-0.2, -0.15) is 0 Å². The van der Waals surface area contributed by atoms with Gasteiger partial charge < -0.3 is 9.84 Å². The van der Waals surface area contributed by atoms with Gasteiger partial charge in [-0.05, 0) is 0 Å². The number of aliphatic hydroxyl groups is 1. The molecular weight excluding hydrogens is 198 g/mol. The van der Waals surface area contributed by atoms with Gasteiger partial charge in [-0.1, -0.05) is 0 Å². The van der Waals surface area contributed by atoms with Gasteiger partial charge in [0.15, 0.2) is 0 Å². The van der Waals surface area contributed by atoms with Gasteiger partial charge >= 0.3 is 0 Å². The smallest absolute Gasteiger partial charge is 0.232 e. The molecule has 0 radical (unpaired) electrons. The molecule has 13 heavy (non-hydrogen) atoms. The molecule has 0 rings (SSSR count). The number of rotatable bonds is 4. The summed E-state index contributed by atoms with van der Waals surface area (Å²) < 4.78 is 26.4. The number of ether oxygens (including phenoxy) is 1. The first-order valence-electron chi connectivity index (χ1n) is 3.42. The summed E-state index contributed by atoms with van der Waals surface area (Å²) in [6, 6.07) is 0. The second kappa shape index (κ2) is 5.86. The van der Waals surface area contributed by atoms with E-state index in [2.05, 4.69) is 4.99 Å². The molecule has 0 heterocycles. The summed E-state index contributed by atoms with van der Waals surface area (Å²) >= 11 is 0. The first-order chi connectivity index (χ1) is 6.02. The molecule has 0 aromatic carbocycles. The summed E-state index contributed by atoms with van der Waals surface area (Å²) in [5.74, 6) is 4.91. The Morgan fingerprint density at radius 2 is 2.31 bits per heavy atom. The Balaban J connectivity index is 4.10. The molecule has 78 valence electrons. The summed E-state index contributed by atoms with van der Waals surface area (Å²) in [7, 11) is -3.43. The van der Waals surface area contributed by atoms with Gasteiger partial charge in [0.2, 0.25) is 15.0 Å². The molecule has 8 heteroatoms. The van der Waals surface area contributed by atoms with Gasteiger partial charge in [0, 0.05) is 6.26 Å². The van der Waals surface area contributed by atoms with Crippen LogP contribution in [0.5, 0.6) is 0 Å². The maximum Gasteiger partial charge on any atom is 0.232 e. The van der Waals surface area contributed by atoms with Crippen molar-refractivity contribution >= 4 is 15.0 Å². The predicted molar refractivity (Wildman–Crippen MR) is 47.5 cm³/mol. The van der Waals surface area contributed by atoms with Crippen LogP contribution in [0.2, 0.25) is 0 Å². The lowest BCUT2D eigenvalue weighted by Gasteiger charge is -2.02. The van der Waals surface area contributed by atoms with Gasteiger partial charge in [0.05, 0.1) is 13.2 Å². The fourth-order valence-corrected chi connectivity index (χ4v) is 1.00. The second-order valence-electron chi connectivity index (χ2n) is 2.14. The number of nitrogens with zero attached hydrogens (tertiary/aromatic N) is 1. The highest BCUT2D eigenvalue weighted by atomic mass is 32.2. The van der Waals surface area contributed by atoms with Crippen LogP contribution in [0.3, 0.4) is 0 Å². The first kappa shape index (κ1) is 12.3. The Morgan fingerprint density at radius 3 is 2.69 bits per heavy atom. The fourth-order valence-electron chi connectivity index (χ4n) is 0.503. The molecule has 0 bridgehead atoms. The van der Waals surface area contributed by atoms with E-state index in [9.17, 15) is 8.42 Å². The average Bonchev–Trinajstić information content (AvgIpc) is 2.02. The van der Waals surface area contributed by atoms with Crippen LogP contribution in [-0.2, 0) is 14.6 Å². The van der Waals surface area contributed by atoms with Crippen molar-refractivity contribution in [2.24, 2.45) is 10.8 Å². The van der Waals surface area contributed by atoms with E-state index in [4.69, 9.17) is 15.7 Å². The molecule has 0 fully saturated rings. The normalized spacial score (nSPS) is 13.0. The van der Waals surface area contributed by atoms with Crippen molar-refractivity contribution in [3.8, 4) is 0 Å². The standard InChI is InChI=1S/C5H13N3O4S/c1-13(10,11)5(8-6)7-4-12-3-2-9/h9H,2-4,6H2,1H3,(H,7,8). The van der Waals surface area contributed by atoms with Crippen LogP contribution in [0.1, 0.15) is 0 Å². The lowest BCUT2D eigenvalue weighted by molar-refractivity contribution is 0.0979. The minimum absolute atomic E-state index is 0.102. The van der Waals surface area contributed by atoms with E-state index in [0.717, 1.165) is 6.26 Å². The highest BCUT2D eigenvalue weighted by Crippen LogP contribution is 1.86. The van der Waals surface area contributed by atoms with Crippen molar-refractivity contribution in [3.05, 3.63) is 0 Å². The number of aliphatic imine (C=N–C) groups is 1. The topological polar surface area (TPSA) is 114 Å². The zero-order valence-electron chi connectivity index (χ0n) is 7.23. The SMILES string of the molecule is CS(=O)(=O)C(=NCOCCO)NN.